The SMILES string of the molecule is CCCCCCCCCC(=O)OC[C@H](COP(=O)(O)OCCN)OC(=O)CCCCCCC. The first-order chi connectivity index (χ1) is 15.8. The monoisotopic (exact) mass is 495 g/mol. The molecule has 0 radical (unpaired) electrons. The fourth-order valence-electron chi connectivity index (χ4n) is 3.10. The molecule has 3 N–H and O–H groups in total. The molecular formula is C23H46NO8P. The molecule has 196 valence electrons. The van der Waals surface area contributed by atoms with Crippen LogP contribution in [0.1, 0.15) is 104 Å². The van der Waals surface area contributed by atoms with E-state index in [0.717, 1.165) is 44.9 Å². The molecule has 0 fully saturated rings. The Morgan fingerprint density at radius 2 is 1.30 bits per heavy atom. The van der Waals surface area contributed by atoms with Gasteiger partial charge in [0.2, 0.25) is 0 Å². The second-order valence-corrected chi connectivity index (χ2v) is 9.67. The van der Waals surface area contributed by atoms with Gasteiger partial charge >= 0.3 is 19.8 Å². The maximum atomic E-state index is 12.1. The van der Waals surface area contributed by atoms with Gasteiger partial charge in [-0.3, -0.25) is 18.6 Å². The zero-order valence-electron chi connectivity index (χ0n) is 20.6. The molecule has 0 aliphatic heterocycles. The van der Waals surface area contributed by atoms with Gasteiger partial charge in [-0.2, -0.15) is 0 Å². The molecule has 0 spiro atoms. The van der Waals surface area contributed by atoms with Crippen molar-refractivity contribution in [1.82, 2.24) is 0 Å². The Hall–Kier alpha value is -0.990. The molecule has 0 amide bonds. The molecule has 0 saturated heterocycles. The third-order valence-electron chi connectivity index (χ3n) is 4.99. The average Bonchev–Trinajstić information content (AvgIpc) is 2.78. The van der Waals surface area contributed by atoms with Gasteiger partial charge in [-0.15, -0.1) is 0 Å². The summed E-state index contributed by atoms with van der Waals surface area (Å²) in [5.41, 5.74) is 5.26. The van der Waals surface area contributed by atoms with E-state index in [0.29, 0.717) is 6.42 Å². The lowest BCUT2D eigenvalue weighted by atomic mass is 10.1. The van der Waals surface area contributed by atoms with Crippen LogP contribution in [0.15, 0.2) is 0 Å². The highest BCUT2D eigenvalue weighted by Crippen LogP contribution is 2.43. The zero-order valence-corrected chi connectivity index (χ0v) is 21.5. The second kappa shape index (κ2) is 21.5. The number of hydrogen-bond acceptors (Lipinski definition) is 8. The van der Waals surface area contributed by atoms with Gasteiger partial charge in [-0.05, 0) is 12.8 Å². The third-order valence-corrected chi connectivity index (χ3v) is 5.98. The first-order valence-corrected chi connectivity index (χ1v) is 14.0. The number of unbranched alkanes of at least 4 members (excludes halogenated alkanes) is 10. The van der Waals surface area contributed by atoms with Crippen LogP contribution in [0.4, 0.5) is 0 Å². The quantitative estimate of drug-likeness (QED) is 0.114. The van der Waals surface area contributed by atoms with Gasteiger partial charge in [-0.25, -0.2) is 4.57 Å². The maximum Gasteiger partial charge on any atom is 0.472 e. The van der Waals surface area contributed by atoms with Gasteiger partial charge < -0.3 is 20.1 Å². The number of hydrogen-bond donors (Lipinski definition) is 2. The lowest BCUT2D eigenvalue weighted by Crippen LogP contribution is -2.29. The average molecular weight is 496 g/mol. The van der Waals surface area contributed by atoms with Gasteiger partial charge in [-0.1, -0.05) is 78.1 Å². The highest BCUT2D eigenvalue weighted by molar-refractivity contribution is 7.47. The van der Waals surface area contributed by atoms with E-state index < -0.39 is 32.5 Å². The first kappa shape index (κ1) is 32.0. The number of phosphoric ester groups is 1. The van der Waals surface area contributed by atoms with Gasteiger partial charge in [0.15, 0.2) is 6.10 Å². The van der Waals surface area contributed by atoms with E-state index in [2.05, 4.69) is 18.4 Å². The van der Waals surface area contributed by atoms with Crippen LogP contribution in [0, 0.1) is 0 Å². The minimum absolute atomic E-state index is 0.0561. The Labute approximate surface area is 199 Å². The van der Waals surface area contributed by atoms with Crippen LogP contribution >= 0.6 is 7.82 Å². The third kappa shape index (κ3) is 21.3. The van der Waals surface area contributed by atoms with Gasteiger partial charge in [0.25, 0.3) is 0 Å². The molecule has 0 bridgehead atoms. The van der Waals surface area contributed by atoms with Crippen molar-refractivity contribution in [2.75, 3.05) is 26.4 Å². The van der Waals surface area contributed by atoms with Crippen molar-refractivity contribution >= 4 is 19.8 Å². The maximum absolute atomic E-state index is 12.1. The Morgan fingerprint density at radius 3 is 1.85 bits per heavy atom. The van der Waals surface area contributed by atoms with E-state index in [4.69, 9.17) is 19.7 Å². The van der Waals surface area contributed by atoms with E-state index in [1.54, 1.807) is 0 Å². The highest BCUT2D eigenvalue weighted by atomic mass is 31.2. The zero-order chi connectivity index (χ0) is 24.8. The summed E-state index contributed by atoms with van der Waals surface area (Å²) in [6.45, 7) is 3.53. The summed E-state index contributed by atoms with van der Waals surface area (Å²) in [7, 11) is -4.33. The molecular weight excluding hydrogens is 449 g/mol. The van der Waals surface area contributed by atoms with E-state index in [9.17, 15) is 19.0 Å². The number of carbonyl (C=O) groups excluding carboxylic acids is 2. The van der Waals surface area contributed by atoms with Crippen LogP contribution < -0.4 is 5.73 Å². The van der Waals surface area contributed by atoms with Crippen molar-refractivity contribution in [3.8, 4) is 0 Å². The molecule has 0 saturated carbocycles. The molecule has 10 heteroatoms. The number of phosphoric acid groups is 1. The predicted molar refractivity (Wildman–Crippen MR) is 128 cm³/mol. The molecule has 2 atom stereocenters. The summed E-state index contributed by atoms with van der Waals surface area (Å²) in [5, 5.41) is 0. The highest BCUT2D eigenvalue weighted by Gasteiger charge is 2.25. The van der Waals surface area contributed by atoms with Crippen LogP contribution in [0.5, 0.6) is 0 Å². The van der Waals surface area contributed by atoms with E-state index in [1.807, 2.05) is 0 Å². The van der Waals surface area contributed by atoms with Crippen molar-refractivity contribution in [3.05, 3.63) is 0 Å². The smallest absolute Gasteiger partial charge is 0.462 e. The Balaban J connectivity index is 4.43. The van der Waals surface area contributed by atoms with Crippen molar-refractivity contribution in [1.29, 1.82) is 0 Å². The van der Waals surface area contributed by atoms with Crippen molar-refractivity contribution < 1.29 is 37.6 Å². The summed E-state index contributed by atoms with van der Waals surface area (Å²) in [4.78, 5) is 33.8. The fourth-order valence-corrected chi connectivity index (χ4v) is 3.87. The molecule has 0 aromatic heterocycles. The molecule has 0 aliphatic carbocycles. The summed E-state index contributed by atoms with van der Waals surface area (Å²) in [5.74, 6) is -0.852. The number of ether oxygens (including phenoxy) is 2. The second-order valence-electron chi connectivity index (χ2n) is 8.22. The van der Waals surface area contributed by atoms with Crippen LogP contribution in [-0.4, -0.2) is 49.3 Å². The molecule has 0 aromatic rings. The van der Waals surface area contributed by atoms with Crippen LogP contribution in [0.25, 0.3) is 0 Å². The van der Waals surface area contributed by atoms with E-state index >= 15 is 0 Å². The fraction of sp³-hybridized carbons (Fsp3) is 0.913. The summed E-state index contributed by atoms with van der Waals surface area (Å²) in [6, 6.07) is 0. The molecule has 9 nitrogen and oxygen atoms in total. The number of rotatable bonds is 23. The first-order valence-electron chi connectivity index (χ1n) is 12.5. The molecule has 1 unspecified atom stereocenters. The lowest BCUT2D eigenvalue weighted by molar-refractivity contribution is -0.161. The standard InChI is InChI=1S/C23H46NO8P/c1-3-5-7-9-10-12-13-15-22(25)29-19-21(20-31-33(27,28)30-18-17-24)32-23(26)16-14-11-8-6-4-2/h21H,3-20,24H2,1-2H3,(H,27,28)/t21-/m1/s1. The predicted octanol–water partition coefficient (Wildman–Crippen LogP) is 5.03. The number of nitrogens with two attached hydrogens (primary N) is 1. The normalized spacial score (nSPS) is 13.9. The van der Waals surface area contributed by atoms with Gasteiger partial charge in [0, 0.05) is 19.4 Å². The summed E-state index contributed by atoms with van der Waals surface area (Å²) >= 11 is 0. The van der Waals surface area contributed by atoms with Crippen LogP contribution in [0.3, 0.4) is 0 Å². The molecule has 33 heavy (non-hydrogen) atoms. The Bertz CT molecular complexity index is 547. The van der Waals surface area contributed by atoms with Crippen molar-refractivity contribution in [3.63, 3.8) is 0 Å². The molecule has 0 heterocycles. The van der Waals surface area contributed by atoms with Gasteiger partial charge in [0.1, 0.15) is 6.61 Å². The molecule has 0 aromatic carbocycles. The summed E-state index contributed by atoms with van der Waals surface area (Å²) in [6.07, 6.45) is 12.0. The van der Waals surface area contributed by atoms with Gasteiger partial charge in [0.05, 0.1) is 13.2 Å². The molecule has 0 aliphatic rings. The number of carbonyl (C=O) groups is 2. The Kier molecular flexibility index (Phi) is 20.9. The van der Waals surface area contributed by atoms with E-state index in [-0.39, 0.29) is 32.6 Å². The summed E-state index contributed by atoms with van der Waals surface area (Å²) < 4.78 is 32.0. The minimum atomic E-state index is -4.33. The molecule has 0 rings (SSSR count). The van der Waals surface area contributed by atoms with E-state index in [1.165, 1.54) is 25.7 Å². The van der Waals surface area contributed by atoms with Crippen LogP contribution in [0.2, 0.25) is 0 Å². The Morgan fingerprint density at radius 1 is 0.788 bits per heavy atom. The minimum Gasteiger partial charge on any atom is -0.462 e. The largest absolute Gasteiger partial charge is 0.472 e. The lowest BCUT2D eigenvalue weighted by Gasteiger charge is -2.19. The number of esters is 2. The van der Waals surface area contributed by atoms with Crippen molar-refractivity contribution in [2.24, 2.45) is 5.73 Å². The topological polar surface area (TPSA) is 134 Å². The van der Waals surface area contributed by atoms with Crippen LogP contribution in [-0.2, 0) is 32.7 Å². The van der Waals surface area contributed by atoms with Crippen molar-refractivity contribution in [2.45, 2.75) is 110 Å².